The van der Waals surface area contributed by atoms with Crippen molar-refractivity contribution < 1.29 is 96.9 Å². The van der Waals surface area contributed by atoms with Gasteiger partial charge < -0.3 is 9.13 Å². The average molecular weight is 858 g/mol. The molecule has 0 aliphatic heterocycles. The molecule has 25 heteroatoms. The van der Waals surface area contributed by atoms with Crippen molar-refractivity contribution in [2.24, 2.45) is 0 Å². The van der Waals surface area contributed by atoms with E-state index in [9.17, 15) is 96.9 Å². The Balaban J connectivity index is 0. The fraction of sp³-hybridized carbons (Fsp3) is 0.571. The molecule has 230 valence electrons. The minimum atomic E-state index is -6.74. The zero-order valence-electron chi connectivity index (χ0n) is 17.2. The Kier molecular flexibility index (Phi) is 13.4. The van der Waals surface area contributed by atoms with E-state index < -0.39 is 63.0 Å². The molecule has 0 aliphatic carbocycles. The second-order valence-electron chi connectivity index (χ2n) is 6.28. The summed E-state index contributed by atoms with van der Waals surface area (Å²) in [4.78, 5) is 0. The summed E-state index contributed by atoms with van der Waals surface area (Å²) in [6.45, 7) is 0. The number of benzene rings is 1. The summed E-state index contributed by atoms with van der Waals surface area (Å²) in [6, 6.07) is 10.4. The van der Waals surface area contributed by atoms with Crippen LogP contribution in [0.15, 0.2) is 30.3 Å². The van der Waals surface area contributed by atoms with Crippen molar-refractivity contribution in [1.29, 1.82) is 0 Å². The Bertz CT molecular complexity index is 848. The molecule has 0 aliphatic rings. The van der Waals surface area contributed by atoms with E-state index in [1.807, 2.05) is 6.07 Å². The summed E-state index contributed by atoms with van der Waals surface area (Å²) < 4.78 is 254. The second kappa shape index (κ2) is 13.0. The molecule has 0 spiro atoms. The molecule has 1 aromatic carbocycles. The molecular formula is C14H7BiF20O2P2. The van der Waals surface area contributed by atoms with Gasteiger partial charge in [0.2, 0.25) is 15.6 Å². The predicted molar refractivity (Wildman–Crippen MR) is 93.8 cm³/mol. The molecule has 0 fully saturated rings. The molecule has 0 amide bonds. The van der Waals surface area contributed by atoms with Gasteiger partial charge in [0.1, 0.15) is 0 Å². The summed E-state index contributed by atoms with van der Waals surface area (Å²) in [5, 5.41) is 0. The van der Waals surface area contributed by atoms with Crippen molar-refractivity contribution in [3.63, 3.8) is 0 Å². The molecule has 0 aromatic heterocycles. The van der Waals surface area contributed by atoms with Crippen LogP contribution in [0.3, 0.4) is 0 Å². The van der Waals surface area contributed by atoms with Gasteiger partial charge in [-0.05, 0) is 0 Å². The Hall–Kier alpha value is -0.837. The zero-order chi connectivity index (χ0) is 32.3. The van der Waals surface area contributed by atoms with Gasteiger partial charge in [0, 0.05) is 0 Å². The van der Waals surface area contributed by atoms with Crippen LogP contribution < -0.4 is 3.27 Å². The summed E-state index contributed by atoms with van der Waals surface area (Å²) in [5.74, 6) is 0. The van der Waals surface area contributed by atoms with Gasteiger partial charge in [0.25, 0.3) is 0 Å². The van der Waals surface area contributed by atoms with Crippen molar-refractivity contribution in [2.75, 3.05) is 0 Å². The molecule has 1 aromatic rings. The third-order valence-electron chi connectivity index (χ3n) is 3.32. The van der Waals surface area contributed by atoms with E-state index in [4.69, 9.17) is 0 Å². The monoisotopic (exact) mass is 858 g/mol. The molecule has 0 N–H and O–H groups in total. The van der Waals surface area contributed by atoms with Crippen molar-refractivity contribution in [1.82, 2.24) is 0 Å². The minimum absolute atomic E-state index is 1.36. The molecule has 0 bridgehead atoms. The standard InChI is InChI=1S/C6H5.2C4HF10OP.Bi/c1-2-4-6-5-3-1;2*5-1(6,7)3(11,12)16(15)4(13,14)2(8,9)10;/h1-5H;2*16H;. The van der Waals surface area contributed by atoms with E-state index in [0.29, 0.717) is 0 Å². The molecular weight excluding hydrogens is 851 g/mol. The fourth-order valence-corrected chi connectivity index (χ4v) is 3.82. The molecule has 39 heavy (non-hydrogen) atoms. The fourth-order valence-electron chi connectivity index (χ4n) is 1.34. The zero-order valence-corrected chi connectivity index (χ0v) is 22.7. The van der Waals surface area contributed by atoms with E-state index in [2.05, 4.69) is 24.3 Å². The van der Waals surface area contributed by atoms with Crippen LogP contribution in [0.25, 0.3) is 0 Å². The first kappa shape index (κ1) is 40.3. The van der Waals surface area contributed by atoms with E-state index in [-0.39, 0.29) is 0 Å². The molecule has 0 saturated carbocycles. The van der Waals surface area contributed by atoms with Crippen molar-refractivity contribution in [3.05, 3.63) is 30.3 Å². The molecule has 1 rings (SSSR count). The van der Waals surface area contributed by atoms with E-state index >= 15 is 0 Å². The number of hydrogen-bond donors (Lipinski definition) is 0. The first-order valence-electron chi connectivity index (χ1n) is 8.32. The van der Waals surface area contributed by atoms with Gasteiger partial charge in [0.15, 0.2) is 0 Å². The Morgan fingerprint density at radius 1 is 0.410 bits per heavy atom. The van der Waals surface area contributed by atoms with Crippen molar-refractivity contribution in [3.8, 4) is 0 Å². The third kappa shape index (κ3) is 10.2. The van der Waals surface area contributed by atoms with Crippen LogP contribution in [0.5, 0.6) is 0 Å². The van der Waals surface area contributed by atoms with Gasteiger partial charge in [-0.1, -0.05) is 0 Å². The predicted octanol–water partition coefficient (Wildman–Crippen LogP) is 8.19. The molecule has 0 unspecified atom stereocenters. The normalized spacial score (nSPS) is 14.4. The molecule has 2 radical (unpaired) electrons. The van der Waals surface area contributed by atoms with E-state index in [1.54, 1.807) is 0 Å². The van der Waals surface area contributed by atoms with Crippen LogP contribution in [0, 0.1) is 0 Å². The molecule has 2 nitrogen and oxygen atoms in total. The summed E-state index contributed by atoms with van der Waals surface area (Å²) >= 11 is 1.36. The van der Waals surface area contributed by atoms with E-state index in [1.165, 1.54) is 28.0 Å². The van der Waals surface area contributed by atoms with Crippen LogP contribution in [-0.2, 0) is 9.13 Å². The quantitative estimate of drug-likeness (QED) is 0.174. The van der Waals surface area contributed by atoms with Gasteiger partial charge in [-0.15, -0.1) is 0 Å². The van der Waals surface area contributed by atoms with Crippen LogP contribution in [0.2, 0.25) is 0 Å². The maximum atomic E-state index is 12.0. The van der Waals surface area contributed by atoms with Gasteiger partial charge in [-0.25, -0.2) is 0 Å². The third-order valence-corrected chi connectivity index (χ3v) is 7.90. The number of alkyl halides is 20. The SMILES string of the molecule is O=[PH](C(F)(F)C(F)(F)F)C(F)(F)C(F)(F)F.O=[PH](C(F)(F)C(F)(F)F)C(F)(F)C(F)(F)F.[Bi][c]1ccccc1. The summed E-state index contributed by atoms with van der Waals surface area (Å²) in [7, 11) is -13.2. The summed E-state index contributed by atoms with van der Waals surface area (Å²) in [5.41, 5.74) is -26.3. The van der Waals surface area contributed by atoms with Gasteiger partial charge in [-0.3, -0.25) is 0 Å². The first-order chi connectivity index (χ1) is 16.7. The Morgan fingerprint density at radius 3 is 0.692 bits per heavy atom. The Morgan fingerprint density at radius 2 is 0.590 bits per heavy atom. The van der Waals surface area contributed by atoms with Crippen LogP contribution in [0.4, 0.5) is 87.8 Å². The van der Waals surface area contributed by atoms with Crippen molar-refractivity contribution >= 4 is 43.6 Å². The molecule has 0 heterocycles. The number of halogens is 20. The average Bonchev–Trinajstić information content (AvgIpc) is 2.70. The molecule has 0 atom stereocenters. The van der Waals surface area contributed by atoms with Crippen LogP contribution in [-0.4, -0.2) is 72.1 Å². The first-order valence-corrected chi connectivity index (χ1v) is 12.9. The van der Waals surface area contributed by atoms with Crippen LogP contribution in [0.1, 0.15) is 0 Å². The molecule has 0 saturated heterocycles. The van der Waals surface area contributed by atoms with Gasteiger partial charge in [0.05, 0.1) is 0 Å². The Labute approximate surface area is 218 Å². The topological polar surface area (TPSA) is 34.1 Å². The number of hydrogen-bond acceptors (Lipinski definition) is 2. The van der Waals surface area contributed by atoms with Gasteiger partial charge in [-0.2, -0.15) is 87.8 Å². The van der Waals surface area contributed by atoms with E-state index in [0.717, 1.165) is 0 Å². The number of rotatable bonds is 4. The van der Waals surface area contributed by atoms with Gasteiger partial charge >= 0.3 is 106 Å². The van der Waals surface area contributed by atoms with Crippen LogP contribution >= 0.6 is 15.6 Å². The van der Waals surface area contributed by atoms with Crippen molar-refractivity contribution in [2.45, 2.75) is 47.4 Å². The maximum absolute atomic E-state index is 12.0. The summed E-state index contributed by atoms with van der Waals surface area (Å²) in [6.07, 6.45) is -27.0. The second-order valence-corrected chi connectivity index (χ2v) is 12.1.